The molecule has 2 aromatic rings. The number of carbonyl (C=O) groups excluding carboxylic acids is 2. The van der Waals surface area contributed by atoms with Crippen LogP contribution < -0.4 is 10.6 Å². The molecule has 29 heavy (non-hydrogen) atoms. The number of ether oxygens (including phenoxy) is 1. The lowest BCUT2D eigenvalue weighted by atomic mass is 10.1. The number of hydrogen-bond acceptors (Lipinski definition) is 6. The summed E-state index contributed by atoms with van der Waals surface area (Å²) in [5, 5.41) is 14.3. The molecule has 2 N–H and O–H groups in total. The van der Waals surface area contributed by atoms with Gasteiger partial charge in [0.05, 0.1) is 6.61 Å². The maximum atomic E-state index is 12.4. The maximum Gasteiger partial charge on any atom is 0.409 e. The highest BCUT2D eigenvalue weighted by atomic mass is 16.6. The average Bonchev–Trinajstić information content (AvgIpc) is 2.74. The summed E-state index contributed by atoms with van der Waals surface area (Å²) in [5.41, 5.74) is 2.67. The minimum Gasteiger partial charge on any atom is -0.450 e. The number of aryl methyl sites for hydroxylation is 1. The number of nitrogens with zero attached hydrogens (tertiary/aromatic N) is 3. The Morgan fingerprint density at radius 3 is 2.55 bits per heavy atom. The van der Waals surface area contributed by atoms with Gasteiger partial charge in [0.1, 0.15) is 5.82 Å². The molecule has 8 heteroatoms. The first-order valence-corrected chi connectivity index (χ1v) is 9.91. The zero-order chi connectivity index (χ0) is 20.6. The van der Waals surface area contributed by atoms with Gasteiger partial charge in [-0.2, -0.15) is 0 Å². The molecule has 0 unspecified atom stereocenters. The monoisotopic (exact) mass is 397 g/mol. The highest BCUT2D eigenvalue weighted by molar-refractivity contribution is 5.92. The van der Waals surface area contributed by atoms with Crippen LogP contribution in [0.4, 0.5) is 10.6 Å². The Morgan fingerprint density at radius 1 is 1.14 bits per heavy atom. The fourth-order valence-corrected chi connectivity index (χ4v) is 3.22. The molecule has 0 radical (unpaired) electrons. The Balaban J connectivity index is 1.47. The third-order valence-corrected chi connectivity index (χ3v) is 4.97. The van der Waals surface area contributed by atoms with Crippen molar-refractivity contribution in [2.45, 2.75) is 39.3 Å². The van der Waals surface area contributed by atoms with Gasteiger partial charge < -0.3 is 20.3 Å². The number of nitrogens with one attached hydrogen (secondary N) is 2. The summed E-state index contributed by atoms with van der Waals surface area (Å²) in [6.07, 6.45) is 1.08. The number of aromatic nitrogens is 2. The summed E-state index contributed by atoms with van der Waals surface area (Å²) in [5.74, 6) is 0.366. The van der Waals surface area contributed by atoms with Gasteiger partial charge in [0, 0.05) is 25.7 Å². The highest BCUT2D eigenvalue weighted by Gasteiger charge is 2.25. The van der Waals surface area contributed by atoms with Crippen LogP contribution >= 0.6 is 0 Å². The first kappa shape index (κ1) is 20.6. The molecular formula is C21H27N5O3. The Hall–Kier alpha value is -3.16. The number of rotatable bonds is 6. The first-order chi connectivity index (χ1) is 14.1. The summed E-state index contributed by atoms with van der Waals surface area (Å²) in [4.78, 5) is 25.8. The number of likely N-dealkylation sites (tertiary alicyclic amines) is 1. The fourth-order valence-electron chi connectivity index (χ4n) is 3.22. The predicted octanol–water partition coefficient (Wildman–Crippen LogP) is 2.75. The van der Waals surface area contributed by atoms with Gasteiger partial charge in [0.25, 0.3) is 5.91 Å². The SMILES string of the molecule is CCOC(=O)N1CCC(NC(=O)c2ccc(NCc3ccccc3C)nn2)CC1. The molecule has 0 atom stereocenters. The minimum absolute atomic E-state index is 0.00818. The van der Waals surface area contributed by atoms with Crippen molar-refractivity contribution >= 4 is 17.8 Å². The van der Waals surface area contributed by atoms with Crippen LogP contribution in [-0.4, -0.2) is 52.8 Å². The summed E-state index contributed by atoms with van der Waals surface area (Å²) in [6.45, 7) is 5.99. The van der Waals surface area contributed by atoms with Crippen LogP contribution in [0.3, 0.4) is 0 Å². The molecule has 1 saturated heterocycles. The van der Waals surface area contributed by atoms with Crippen molar-refractivity contribution in [2.75, 3.05) is 25.0 Å². The fraction of sp³-hybridized carbons (Fsp3) is 0.429. The summed E-state index contributed by atoms with van der Waals surface area (Å²) < 4.78 is 5.01. The van der Waals surface area contributed by atoms with Crippen LogP contribution in [0.2, 0.25) is 0 Å². The van der Waals surface area contributed by atoms with Gasteiger partial charge in [-0.25, -0.2) is 4.79 Å². The second-order valence-electron chi connectivity index (χ2n) is 7.02. The van der Waals surface area contributed by atoms with Crippen LogP contribution in [0.15, 0.2) is 36.4 Å². The van der Waals surface area contributed by atoms with Gasteiger partial charge in [0.2, 0.25) is 0 Å². The molecule has 154 valence electrons. The van der Waals surface area contributed by atoms with Crippen molar-refractivity contribution in [1.29, 1.82) is 0 Å². The first-order valence-electron chi connectivity index (χ1n) is 9.91. The molecule has 1 aromatic heterocycles. The molecule has 1 aliphatic heterocycles. The zero-order valence-electron chi connectivity index (χ0n) is 16.9. The lowest BCUT2D eigenvalue weighted by Crippen LogP contribution is -2.46. The standard InChI is InChI=1S/C21H27N5O3/c1-3-29-21(28)26-12-10-17(11-13-26)23-20(27)18-8-9-19(25-24-18)22-14-16-7-5-4-6-15(16)2/h4-9,17H,3,10-14H2,1-2H3,(H,22,25)(H,23,27). The molecule has 1 aromatic carbocycles. The van der Waals surface area contributed by atoms with Crippen molar-refractivity contribution < 1.29 is 14.3 Å². The molecule has 0 saturated carbocycles. The third kappa shape index (κ3) is 5.66. The van der Waals surface area contributed by atoms with Crippen LogP contribution in [0.5, 0.6) is 0 Å². The van der Waals surface area contributed by atoms with Gasteiger partial charge in [-0.05, 0) is 49.9 Å². The van der Waals surface area contributed by atoms with Crippen LogP contribution in [0.1, 0.15) is 41.4 Å². The summed E-state index contributed by atoms with van der Waals surface area (Å²) in [6, 6.07) is 11.6. The molecule has 1 aliphatic rings. The number of carbonyl (C=O) groups is 2. The second kappa shape index (κ2) is 9.86. The quantitative estimate of drug-likeness (QED) is 0.778. The van der Waals surface area contributed by atoms with E-state index in [1.54, 1.807) is 24.0 Å². The van der Waals surface area contributed by atoms with Gasteiger partial charge >= 0.3 is 6.09 Å². The van der Waals surface area contributed by atoms with E-state index in [9.17, 15) is 9.59 Å². The largest absolute Gasteiger partial charge is 0.450 e. The van der Waals surface area contributed by atoms with E-state index in [-0.39, 0.29) is 23.7 Å². The Bertz CT molecular complexity index is 832. The average molecular weight is 397 g/mol. The Labute approximate surface area is 170 Å². The number of piperidine rings is 1. The molecule has 0 aliphatic carbocycles. The lowest BCUT2D eigenvalue weighted by molar-refractivity contribution is 0.0856. The van der Waals surface area contributed by atoms with Crippen LogP contribution in [-0.2, 0) is 11.3 Å². The molecule has 2 heterocycles. The van der Waals surface area contributed by atoms with Crippen molar-refractivity contribution in [1.82, 2.24) is 20.4 Å². The molecule has 8 nitrogen and oxygen atoms in total. The zero-order valence-corrected chi connectivity index (χ0v) is 16.9. The maximum absolute atomic E-state index is 12.4. The van der Waals surface area contributed by atoms with E-state index in [1.165, 1.54) is 11.1 Å². The van der Waals surface area contributed by atoms with E-state index >= 15 is 0 Å². The smallest absolute Gasteiger partial charge is 0.409 e. The van der Waals surface area contributed by atoms with E-state index in [4.69, 9.17) is 4.74 Å². The summed E-state index contributed by atoms with van der Waals surface area (Å²) in [7, 11) is 0. The van der Waals surface area contributed by atoms with Crippen molar-refractivity contribution in [3.8, 4) is 0 Å². The van der Waals surface area contributed by atoms with Crippen molar-refractivity contribution in [2.24, 2.45) is 0 Å². The van der Waals surface area contributed by atoms with Crippen molar-refractivity contribution in [3.63, 3.8) is 0 Å². The number of amides is 2. The topological polar surface area (TPSA) is 96.5 Å². The molecule has 1 fully saturated rings. The minimum atomic E-state index is -0.295. The molecular weight excluding hydrogens is 370 g/mol. The predicted molar refractivity (Wildman–Crippen MR) is 110 cm³/mol. The van der Waals surface area contributed by atoms with Gasteiger partial charge in [0.15, 0.2) is 5.69 Å². The lowest BCUT2D eigenvalue weighted by Gasteiger charge is -2.31. The molecule has 0 bridgehead atoms. The molecule has 2 amide bonds. The van der Waals surface area contributed by atoms with Crippen molar-refractivity contribution in [3.05, 3.63) is 53.2 Å². The van der Waals surface area contributed by atoms with E-state index < -0.39 is 0 Å². The van der Waals surface area contributed by atoms with Gasteiger partial charge in [-0.1, -0.05) is 24.3 Å². The highest BCUT2D eigenvalue weighted by Crippen LogP contribution is 2.13. The second-order valence-corrected chi connectivity index (χ2v) is 7.02. The van der Waals surface area contributed by atoms with Gasteiger partial charge in [-0.3, -0.25) is 4.79 Å². The van der Waals surface area contributed by atoms with E-state index in [0.29, 0.717) is 44.9 Å². The van der Waals surface area contributed by atoms with E-state index in [0.717, 1.165) is 0 Å². The van der Waals surface area contributed by atoms with Crippen LogP contribution in [0, 0.1) is 6.92 Å². The van der Waals surface area contributed by atoms with Crippen LogP contribution in [0.25, 0.3) is 0 Å². The number of anilines is 1. The normalized spacial score (nSPS) is 14.3. The van der Waals surface area contributed by atoms with E-state index in [2.05, 4.69) is 39.9 Å². The number of benzene rings is 1. The Morgan fingerprint density at radius 2 is 1.90 bits per heavy atom. The van der Waals surface area contributed by atoms with E-state index in [1.807, 2.05) is 12.1 Å². The van der Waals surface area contributed by atoms with Gasteiger partial charge in [-0.15, -0.1) is 10.2 Å². The molecule has 0 spiro atoms. The third-order valence-electron chi connectivity index (χ3n) is 4.97. The summed E-state index contributed by atoms with van der Waals surface area (Å²) >= 11 is 0. The molecule has 3 rings (SSSR count). The Kier molecular flexibility index (Phi) is 6.99. The number of hydrogen-bond donors (Lipinski definition) is 2.